The number of likely N-dealkylation sites (tertiary alicyclic amines) is 1. The van der Waals surface area contributed by atoms with E-state index in [9.17, 15) is 23.2 Å². The molecule has 4 aromatic heterocycles. The molecular formula is C45H56F2N12O4. The summed E-state index contributed by atoms with van der Waals surface area (Å²) in [6.07, 6.45) is 0.367. The Kier molecular flexibility index (Phi) is 12.8. The molecule has 0 bridgehead atoms. The molecule has 0 radical (unpaired) electrons. The van der Waals surface area contributed by atoms with Crippen LogP contribution in [0.3, 0.4) is 0 Å². The highest BCUT2D eigenvalue weighted by Gasteiger charge is 2.33. The van der Waals surface area contributed by atoms with Crippen molar-refractivity contribution in [1.29, 1.82) is 0 Å². The Bertz CT molecular complexity index is 2910. The maximum absolute atomic E-state index is 14.0. The van der Waals surface area contributed by atoms with Crippen molar-refractivity contribution in [3.8, 4) is 5.75 Å². The number of carbonyl (C=O) groups is 3. The summed E-state index contributed by atoms with van der Waals surface area (Å²) < 4.78 is 44.9. The van der Waals surface area contributed by atoms with Gasteiger partial charge in [-0.05, 0) is 90.4 Å². The molecule has 16 nitrogen and oxygen atoms in total. The number of ether oxygens (including phenoxy) is 1. The Balaban J connectivity index is 1.30. The minimum Gasteiger partial charge on any atom is -0.491 e. The molecule has 2 aromatic carbocycles. The van der Waals surface area contributed by atoms with Gasteiger partial charge in [-0.3, -0.25) is 23.7 Å². The number of amides is 3. The van der Waals surface area contributed by atoms with Gasteiger partial charge in [-0.15, -0.1) is 0 Å². The quantitative estimate of drug-likeness (QED) is 0.112. The van der Waals surface area contributed by atoms with Gasteiger partial charge in [0, 0.05) is 78.3 Å². The first-order valence-corrected chi connectivity index (χ1v) is 21.3. The maximum atomic E-state index is 14.0. The van der Waals surface area contributed by atoms with Crippen molar-refractivity contribution in [2.45, 2.75) is 92.9 Å². The number of imidazole rings is 2. The smallest absolute Gasteiger partial charge is 0.298 e. The van der Waals surface area contributed by atoms with E-state index in [1.54, 1.807) is 51.3 Å². The van der Waals surface area contributed by atoms with E-state index in [0.29, 0.717) is 110 Å². The first-order valence-electron chi connectivity index (χ1n) is 21.3. The Morgan fingerprint density at radius 1 is 0.778 bits per heavy atom. The minimum atomic E-state index is -2.60. The van der Waals surface area contributed by atoms with Gasteiger partial charge in [0.05, 0.1) is 34.5 Å². The second-order valence-corrected chi connectivity index (χ2v) is 16.3. The lowest BCUT2D eigenvalue weighted by molar-refractivity contribution is -0.0554. The number of aryl methyl sites for hydroxylation is 6. The zero-order chi connectivity index (χ0) is 45.3. The SMILES string of the molecule is CCn1nc(C)cc1C(=O)N=c1n(C)c2cc(C(N)=O)ccc2n1C/C(C)=C(\C)Cn1c(=NC(=O)c2cc(C)nn2CC)n(C)c2cccc(OCCCN3CCC(F)(F)CC3)c21. The van der Waals surface area contributed by atoms with Crippen molar-refractivity contribution >= 4 is 39.8 Å². The second-order valence-electron chi connectivity index (χ2n) is 16.3. The predicted molar refractivity (Wildman–Crippen MR) is 235 cm³/mol. The molecule has 0 unspecified atom stereocenters. The number of piperidine rings is 1. The molecule has 6 aromatic rings. The van der Waals surface area contributed by atoms with E-state index in [4.69, 9.17) is 15.5 Å². The summed E-state index contributed by atoms with van der Waals surface area (Å²) in [4.78, 5) is 51.5. The first kappa shape index (κ1) is 44.6. The highest BCUT2D eigenvalue weighted by atomic mass is 19.3. The van der Waals surface area contributed by atoms with Crippen LogP contribution in [0.15, 0.2) is 69.7 Å². The molecule has 3 amide bonds. The molecule has 0 aliphatic carbocycles. The van der Waals surface area contributed by atoms with E-state index in [-0.39, 0.29) is 12.8 Å². The summed E-state index contributed by atoms with van der Waals surface area (Å²) in [6, 6.07) is 14.3. The van der Waals surface area contributed by atoms with E-state index in [1.165, 1.54) is 0 Å². The average molecular weight is 867 g/mol. The minimum absolute atomic E-state index is 0.137. The standard InChI is InChI=1S/C45H56F2N12O4/c1-9-58-36(23-30(5)51-58)41(61)49-43-54(8)35-25-32(40(48)60)15-16-33(35)56(43)26-28(3)29(4)27-57-39-34(53(7)44(57)50-42(62)37-24-31(6)52-59(37)10-2)13-11-14-38(39)63-22-12-19-55-20-17-45(46,47)18-21-55/h11,13-16,23-25H,9-10,12,17-22,26-27H2,1-8H3,(H2,48,60)/b29-28+,49-43?,50-44?. The van der Waals surface area contributed by atoms with Crippen LogP contribution < -0.4 is 21.7 Å². The van der Waals surface area contributed by atoms with Gasteiger partial charge in [-0.2, -0.15) is 20.2 Å². The van der Waals surface area contributed by atoms with Crippen LogP contribution in [0.5, 0.6) is 5.75 Å². The summed E-state index contributed by atoms with van der Waals surface area (Å²) >= 11 is 0. The molecule has 1 fully saturated rings. The van der Waals surface area contributed by atoms with Gasteiger partial charge in [0.2, 0.25) is 17.1 Å². The van der Waals surface area contributed by atoms with Crippen LogP contribution in [0.4, 0.5) is 8.78 Å². The summed E-state index contributed by atoms with van der Waals surface area (Å²) in [5.41, 5.74) is 13.7. The molecule has 1 aliphatic rings. The molecule has 1 saturated heterocycles. The molecular weight excluding hydrogens is 811 g/mol. The number of benzene rings is 2. The number of alkyl halides is 2. The van der Waals surface area contributed by atoms with Crippen LogP contribution in [0.1, 0.15) is 89.7 Å². The number of allylic oxidation sites excluding steroid dienone is 2. The topological polar surface area (TPSA) is 170 Å². The summed E-state index contributed by atoms with van der Waals surface area (Å²) in [5.74, 6) is -3.49. The normalized spacial score (nSPS) is 15.5. The number of fused-ring (bicyclic) bond motifs is 2. The summed E-state index contributed by atoms with van der Waals surface area (Å²) in [7, 11) is 3.65. The van der Waals surface area contributed by atoms with Gasteiger partial charge in [-0.25, -0.2) is 8.78 Å². The fourth-order valence-corrected chi connectivity index (χ4v) is 8.24. The monoisotopic (exact) mass is 866 g/mol. The molecule has 5 heterocycles. The molecule has 7 rings (SSSR count). The van der Waals surface area contributed by atoms with Gasteiger partial charge < -0.3 is 33.6 Å². The van der Waals surface area contributed by atoms with E-state index < -0.39 is 23.6 Å². The molecule has 0 atom stereocenters. The number of nitrogens with zero attached hydrogens (tertiary/aromatic N) is 11. The number of nitrogens with two attached hydrogens (primary N) is 1. The number of hydrogen-bond donors (Lipinski definition) is 1. The molecule has 334 valence electrons. The second kappa shape index (κ2) is 18.1. The van der Waals surface area contributed by atoms with Crippen LogP contribution in [0.25, 0.3) is 22.1 Å². The number of halogens is 2. The van der Waals surface area contributed by atoms with Crippen LogP contribution in [0, 0.1) is 13.8 Å². The average Bonchev–Trinajstić information content (AvgIpc) is 3.98. The predicted octanol–water partition coefficient (Wildman–Crippen LogP) is 5.44. The fourth-order valence-electron chi connectivity index (χ4n) is 8.24. The van der Waals surface area contributed by atoms with Crippen molar-refractivity contribution in [2.24, 2.45) is 29.8 Å². The molecule has 0 saturated carbocycles. The third-order valence-electron chi connectivity index (χ3n) is 11.8. The van der Waals surface area contributed by atoms with Crippen molar-refractivity contribution in [2.75, 3.05) is 26.2 Å². The number of primary amides is 1. The Morgan fingerprint density at radius 2 is 1.33 bits per heavy atom. The lowest BCUT2D eigenvalue weighted by Gasteiger charge is -2.31. The van der Waals surface area contributed by atoms with Gasteiger partial charge >= 0.3 is 0 Å². The molecule has 2 N–H and O–H groups in total. The molecule has 18 heteroatoms. The fraction of sp³-hybridized carbons (Fsp3) is 0.444. The van der Waals surface area contributed by atoms with E-state index in [2.05, 4.69) is 15.2 Å². The van der Waals surface area contributed by atoms with Crippen LogP contribution in [-0.4, -0.2) is 92.6 Å². The number of para-hydroxylation sites is 1. The third-order valence-corrected chi connectivity index (χ3v) is 11.8. The highest BCUT2D eigenvalue weighted by molar-refractivity contribution is 5.97. The lowest BCUT2D eigenvalue weighted by atomic mass is 10.1. The Labute approximate surface area is 363 Å². The lowest BCUT2D eigenvalue weighted by Crippen LogP contribution is -2.40. The van der Waals surface area contributed by atoms with Crippen molar-refractivity contribution in [3.05, 3.63) is 99.3 Å². The number of rotatable bonds is 14. The summed E-state index contributed by atoms with van der Waals surface area (Å²) in [5, 5.41) is 8.91. The van der Waals surface area contributed by atoms with Gasteiger partial charge in [0.15, 0.2) is 0 Å². The van der Waals surface area contributed by atoms with Crippen molar-refractivity contribution < 1.29 is 27.9 Å². The van der Waals surface area contributed by atoms with Gasteiger partial charge in [0.1, 0.15) is 22.7 Å². The van der Waals surface area contributed by atoms with E-state index in [1.807, 2.05) is 85.4 Å². The van der Waals surface area contributed by atoms with Crippen molar-refractivity contribution in [3.63, 3.8) is 0 Å². The van der Waals surface area contributed by atoms with Crippen molar-refractivity contribution in [1.82, 2.24) is 42.7 Å². The summed E-state index contributed by atoms with van der Waals surface area (Å²) in [6.45, 7) is 14.8. The third kappa shape index (κ3) is 9.21. The first-order chi connectivity index (χ1) is 30.0. The zero-order valence-corrected chi connectivity index (χ0v) is 37.3. The zero-order valence-electron chi connectivity index (χ0n) is 37.3. The Hall–Kier alpha value is -6.43. The molecule has 63 heavy (non-hydrogen) atoms. The maximum Gasteiger partial charge on any atom is 0.298 e. The molecule has 1 aliphatic heterocycles. The van der Waals surface area contributed by atoms with E-state index >= 15 is 0 Å². The van der Waals surface area contributed by atoms with Gasteiger partial charge in [0.25, 0.3) is 17.7 Å². The number of hydrogen-bond acceptors (Lipinski definition) is 7. The van der Waals surface area contributed by atoms with Crippen LogP contribution in [0.2, 0.25) is 0 Å². The highest BCUT2D eigenvalue weighted by Crippen LogP contribution is 2.29. The largest absolute Gasteiger partial charge is 0.491 e. The molecule has 0 spiro atoms. The van der Waals surface area contributed by atoms with Crippen LogP contribution >= 0.6 is 0 Å². The van der Waals surface area contributed by atoms with Crippen LogP contribution in [-0.2, 0) is 40.3 Å². The van der Waals surface area contributed by atoms with Gasteiger partial charge in [-0.1, -0.05) is 17.2 Å². The Morgan fingerprint density at radius 3 is 1.90 bits per heavy atom. The number of aromatic nitrogens is 8. The number of carbonyl (C=O) groups excluding carboxylic acids is 3. The van der Waals surface area contributed by atoms with E-state index in [0.717, 1.165) is 27.7 Å².